The molecule has 0 saturated heterocycles. The smallest absolute Gasteiger partial charge is 0.306 e. The van der Waals surface area contributed by atoms with Gasteiger partial charge in [0.15, 0.2) is 0 Å². The Balaban J connectivity index is 1.96. The zero-order valence-electron chi connectivity index (χ0n) is 16.1. The average molecular weight is 373 g/mol. The van der Waals surface area contributed by atoms with Crippen molar-refractivity contribution in [2.45, 2.75) is 32.6 Å². The molecule has 1 aliphatic rings. The average Bonchev–Trinajstić information content (AvgIpc) is 2.66. The minimum atomic E-state index is -0.212. The minimum Gasteiger partial charge on any atom is -0.487 e. The number of esters is 1. The van der Waals surface area contributed by atoms with Crippen LogP contribution in [0, 0.1) is 0 Å². The van der Waals surface area contributed by atoms with Crippen molar-refractivity contribution < 1.29 is 18.7 Å². The summed E-state index contributed by atoms with van der Waals surface area (Å²) in [6.45, 7) is 3.45. The minimum absolute atomic E-state index is 0.212. The lowest BCUT2D eigenvalue weighted by Gasteiger charge is -2.29. The topological polar surface area (TPSA) is 38.8 Å². The Morgan fingerprint density at radius 2 is 2.22 bits per heavy atom. The van der Waals surface area contributed by atoms with Crippen LogP contribution in [0.1, 0.15) is 31.7 Å². The van der Waals surface area contributed by atoms with Crippen LogP contribution >= 0.6 is 0 Å². The molecule has 0 radical (unpaired) electrons. The van der Waals surface area contributed by atoms with Crippen LogP contribution in [0.25, 0.3) is 0 Å². The van der Waals surface area contributed by atoms with Gasteiger partial charge in [0.05, 0.1) is 18.6 Å². The number of allylic oxidation sites excluding steroid dienone is 3. The molecule has 0 saturated carbocycles. The van der Waals surface area contributed by atoms with Gasteiger partial charge < -0.3 is 14.4 Å². The summed E-state index contributed by atoms with van der Waals surface area (Å²) in [6, 6.07) is 6.08. The number of para-hydroxylation sites is 1. The molecule has 0 aromatic heterocycles. The predicted octanol–water partition coefficient (Wildman–Crippen LogP) is 4.76. The van der Waals surface area contributed by atoms with Crippen LogP contribution in [0.5, 0.6) is 5.75 Å². The van der Waals surface area contributed by atoms with E-state index in [1.807, 2.05) is 24.3 Å². The Labute approximate surface area is 161 Å². The van der Waals surface area contributed by atoms with E-state index >= 15 is 0 Å². The third kappa shape index (κ3) is 6.59. The molecule has 1 heterocycles. The SMILES string of the molecule is CCOC(=O)CC/C=C/C=C(\C=C\F)COc1cccc2c1N(C)CCC2. The van der Waals surface area contributed by atoms with Crippen molar-refractivity contribution in [3.63, 3.8) is 0 Å². The van der Waals surface area contributed by atoms with E-state index in [0.717, 1.165) is 30.8 Å². The lowest BCUT2D eigenvalue weighted by Crippen LogP contribution is -2.25. The summed E-state index contributed by atoms with van der Waals surface area (Å²) in [7, 11) is 2.06. The molecule has 5 heteroatoms. The fourth-order valence-corrected chi connectivity index (χ4v) is 3.05. The summed E-state index contributed by atoms with van der Waals surface area (Å²) >= 11 is 0. The Morgan fingerprint density at radius 1 is 1.37 bits per heavy atom. The van der Waals surface area contributed by atoms with Gasteiger partial charge in [0, 0.05) is 20.0 Å². The first-order chi connectivity index (χ1) is 13.2. The second-order valence-electron chi connectivity index (χ2n) is 6.38. The van der Waals surface area contributed by atoms with Gasteiger partial charge >= 0.3 is 5.97 Å². The molecule has 0 amide bonds. The number of ether oxygens (including phenoxy) is 2. The summed E-state index contributed by atoms with van der Waals surface area (Å²) in [5.74, 6) is 0.607. The number of fused-ring (bicyclic) bond motifs is 1. The van der Waals surface area contributed by atoms with Gasteiger partial charge in [-0.1, -0.05) is 30.4 Å². The number of rotatable bonds is 9. The van der Waals surface area contributed by atoms with Crippen molar-refractivity contribution in [1.82, 2.24) is 0 Å². The maximum absolute atomic E-state index is 12.7. The number of hydrogen-bond acceptors (Lipinski definition) is 4. The Kier molecular flexibility index (Phi) is 8.62. The second kappa shape index (κ2) is 11.2. The molecule has 0 unspecified atom stereocenters. The molecule has 1 aromatic carbocycles. The highest BCUT2D eigenvalue weighted by atomic mass is 19.1. The van der Waals surface area contributed by atoms with E-state index in [4.69, 9.17) is 9.47 Å². The van der Waals surface area contributed by atoms with Crippen molar-refractivity contribution in [3.8, 4) is 5.75 Å². The fraction of sp³-hybridized carbons (Fsp3) is 0.409. The van der Waals surface area contributed by atoms with Crippen LogP contribution in [0.15, 0.2) is 54.4 Å². The van der Waals surface area contributed by atoms with Gasteiger partial charge in [0.1, 0.15) is 12.4 Å². The van der Waals surface area contributed by atoms with Crippen LogP contribution in [-0.4, -0.2) is 32.8 Å². The summed E-state index contributed by atoms with van der Waals surface area (Å²) in [4.78, 5) is 13.5. The molecule has 0 N–H and O–H groups in total. The van der Waals surface area contributed by atoms with Crippen molar-refractivity contribution >= 4 is 11.7 Å². The maximum atomic E-state index is 12.7. The van der Waals surface area contributed by atoms with Gasteiger partial charge in [-0.05, 0) is 49.5 Å². The van der Waals surface area contributed by atoms with Gasteiger partial charge in [-0.2, -0.15) is 0 Å². The molecule has 4 nitrogen and oxygen atoms in total. The quantitative estimate of drug-likeness (QED) is 0.462. The number of benzene rings is 1. The maximum Gasteiger partial charge on any atom is 0.306 e. The predicted molar refractivity (Wildman–Crippen MR) is 107 cm³/mol. The van der Waals surface area contributed by atoms with Crippen LogP contribution in [0.4, 0.5) is 10.1 Å². The van der Waals surface area contributed by atoms with E-state index in [2.05, 4.69) is 18.0 Å². The van der Waals surface area contributed by atoms with E-state index in [9.17, 15) is 9.18 Å². The molecule has 0 atom stereocenters. The fourth-order valence-electron chi connectivity index (χ4n) is 3.05. The highest BCUT2D eigenvalue weighted by Crippen LogP contribution is 2.35. The van der Waals surface area contributed by atoms with Crippen molar-refractivity contribution in [1.29, 1.82) is 0 Å². The molecule has 0 bridgehead atoms. The molecule has 2 rings (SSSR count). The molecule has 1 aliphatic heterocycles. The lowest BCUT2D eigenvalue weighted by molar-refractivity contribution is -0.143. The standard InChI is InChI=1S/C22H28FNO3/c1-3-26-21(25)13-6-4-5-9-18(14-15-23)17-27-20-12-7-10-19-11-8-16-24(2)22(19)20/h4-5,7,9-10,12,14-15H,3,6,8,11,13,16-17H2,1-2H3/b5-4+,15-14+,18-9+. The number of carbonyl (C=O) groups is 1. The van der Waals surface area contributed by atoms with Crippen LogP contribution in [0.3, 0.4) is 0 Å². The first kappa shape index (κ1) is 20.7. The van der Waals surface area contributed by atoms with Crippen LogP contribution in [-0.2, 0) is 16.0 Å². The van der Waals surface area contributed by atoms with Gasteiger partial charge in [-0.3, -0.25) is 4.79 Å². The van der Waals surface area contributed by atoms with Crippen LogP contribution in [0.2, 0.25) is 0 Å². The van der Waals surface area contributed by atoms with Crippen molar-refractivity contribution in [2.75, 3.05) is 31.7 Å². The first-order valence-corrected chi connectivity index (χ1v) is 9.39. The molecule has 0 spiro atoms. The molecular weight excluding hydrogens is 345 g/mol. The van der Waals surface area contributed by atoms with Crippen molar-refractivity contribution in [3.05, 3.63) is 60.0 Å². The number of carbonyl (C=O) groups excluding carboxylic acids is 1. The molecule has 0 aliphatic carbocycles. The summed E-state index contributed by atoms with van der Waals surface area (Å²) in [6.07, 6.45) is 10.5. The summed E-state index contributed by atoms with van der Waals surface area (Å²) < 4.78 is 23.6. The van der Waals surface area contributed by atoms with Crippen LogP contribution < -0.4 is 9.64 Å². The van der Waals surface area contributed by atoms with E-state index in [0.29, 0.717) is 31.4 Å². The molecule has 27 heavy (non-hydrogen) atoms. The highest BCUT2D eigenvalue weighted by Gasteiger charge is 2.18. The summed E-state index contributed by atoms with van der Waals surface area (Å²) in [5, 5.41) is 0. The first-order valence-electron chi connectivity index (χ1n) is 9.39. The van der Waals surface area contributed by atoms with Crippen molar-refractivity contribution in [2.24, 2.45) is 0 Å². The van der Waals surface area contributed by atoms with Gasteiger partial charge in [0.25, 0.3) is 0 Å². The van der Waals surface area contributed by atoms with E-state index in [1.54, 1.807) is 13.0 Å². The Morgan fingerprint density at radius 3 is 3.00 bits per heavy atom. The lowest BCUT2D eigenvalue weighted by atomic mass is 10.0. The third-order valence-corrected chi connectivity index (χ3v) is 4.34. The number of anilines is 1. The largest absolute Gasteiger partial charge is 0.487 e. The zero-order valence-corrected chi connectivity index (χ0v) is 16.1. The van der Waals surface area contributed by atoms with Gasteiger partial charge in [0.2, 0.25) is 0 Å². The third-order valence-electron chi connectivity index (χ3n) is 4.34. The van der Waals surface area contributed by atoms with E-state index < -0.39 is 0 Å². The van der Waals surface area contributed by atoms with Gasteiger partial charge in [-0.25, -0.2) is 4.39 Å². The second-order valence-corrected chi connectivity index (χ2v) is 6.38. The van der Waals surface area contributed by atoms with E-state index in [-0.39, 0.29) is 12.6 Å². The molecule has 1 aromatic rings. The normalized spacial score (nSPS) is 14.6. The Bertz CT molecular complexity index is 710. The summed E-state index contributed by atoms with van der Waals surface area (Å²) in [5.41, 5.74) is 3.12. The highest BCUT2D eigenvalue weighted by molar-refractivity contribution is 5.69. The molecular formula is C22H28FNO3. The molecule has 0 fully saturated rings. The monoisotopic (exact) mass is 373 g/mol. The Hall–Kier alpha value is -2.56. The number of aryl methyl sites for hydroxylation is 1. The van der Waals surface area contributed by atoms with Gasteiger partial charge in [-0.15, -0.1) is 0 Å². The number of halogens is 1. The number of nitrogens with zero attached hydrogens (tertiary/aromatic N) is 1. The number of hydrogen-bond donors (Lipinski definition) is 0. The molecule has 146 valence electrons. The zero-order chi connectivity index (χ0) is 19.5. The van der Waals surface area contributed by atoms with E-state index in [1.165, 1.54) is 11.6 Å².